The molecule has 0 fully saturated rings. The number of para-hydroxylation sites is 1. The predicted octanol–water partition coefficient (Wildman–Crippen LogP) is 4.97. The van der Waals surface area contributed by atoms with Gasteiger partial charge in [0.05, 0.1) is 18.4 Å². The highest BCUT2D eigenvalue weighted by molar-refractivity contribution is 6.10. The molecule has 1 heterocycles. The number of carbonyl (C=O) groups excluding carboxylic acids is 2. The smallest absolute Gasteiger partial charge is 0.256 e. The van der Waals surface area contributed by atoms with Crippen molar-refractivity contribution in [3.63, 3.8) is 0 Å². The van der Waals surface area contributed by atoms with Crippen LogP contribution in [0.4, 0.5) is 5.69 Å². The van der Waals surface area contributed by atoms with Gasteiger partial charge in [-0.05, 0) is 42.7 Å². The largest absolute Gasteiger partial charge is 0.496 e. The zero-order valence-electron chi connectivity index (χ0n) is 17.4. The van der Waals surface area contributed by atoms with Crippen LogP contribution in [0.25, 0.3) is 0 Å². The molecule has 150 valence electrons. The van der Waals surface area contributed by atoms with Crippen LogP contribution in [0, 0.1) is 6.92 Å². The summed E-state index contributed by atoms with van der Waals surface area (Å²) in [5.74, 6) is 0.377. The third-order valence-electron chi connectivity index (χ3n) is 4.74. The van der Waals surface area contributed by atoms with Crippen molar-refractivity contribution in [2.45, 2.75) is 46.6 Å². The number of anilines is 1. The molecular formula is C23H30N2O3. The SMILES string of the molecule is CC.CCCCN1C(=O)c2ccccc2NC(=O)C1c1ccc(C)c(OC)c1. The zero-order chi connectivity index (χ0) is 20.7. The summed E-state index contributed by atoms with van der Waals surface area (Å²) >= 11 is 0. The van der Waals surface area contributed by atoms with Gasteiger partial charge in [-0.2, -0.15) is 0 Å². The lowest BCUT2D eigenvalue weighted by atomic mass is 10.0. The molecule has 0 spiro atoms. The number of unbranched alkanes of at least 4 members (excludes halogenated alkanes) is 1. The minimum Gasteiger partial charge on any atom is -0.496 e. The normalized spacial score (nSPS) is 15.8. The molecular weight excluding hydrogens is 352 g/mol. The van der Waals surface area contributed by atoms with Gasteiger partial charge in [0.25, 0.3) is 11.8 Å². The summed E-state index contributed by atoms with van der Waals surface area (Å²) in [5.41, 5.74) is 2.83. The molecule has 2 aromatic carbocycles. The fraction of sp³-hybridized carbons (Fsp3) is 0.391. The van der Waals surface area contributed by atoms with Crippen molar-refractivity contribution >= 4 is 17.5 Å². The maximum absolute atomic E-state index is 13.2. The number of hydrogen-bond donors (Lipinski definition) is 1. The van der Waals surface area contributed by atoms with Crippen LogP contribution in [-0.2, 0) is 4.79 Å². The Morgan fingerprint density at radius 3 is 2.50 bits per heavy atom. The van der Waals surface area contributed by atoms with Gasteiger partial charge >= 0.3 is 0 Å². The first-order chi connectivity index (χ1) is 13.6. The standard InChI is InChI=1S/C21H24N2O3.C2H6/c1-4-5-12-23-19(15-11-10-14(2)18(13-15)26-3)20(24)22-17-9-7-6-8-16(17)21(23)25;1-2/h6-11,13,19H,4-5,12H2,1-3H3,(H,22,24);1-2H3. The van der Waals surface area contributed by atoms with E-state index in [1.807, 2.05) is 51.1 Å². The molecule has 3 rings (SSSR count). The minimum atomic E-state index is -0.684. The third-order valence-corrected chi connectivity index (χ3v) is 4.74. The monoisotopic (exact) mass is 382 g/mol. The molecule has 28 heavy (non-hydrogen) atoms. The first kappa shape index (κ1) is 21.5. The molecule has 1 atom stereocenters. The number of aryl methyl sites for hydroxylation is 1. The molecule has 1 unspecified atom stereocenters. The summed E-state index contributed by atoms with van der Waals surface area (Å²) in [6, 6.07) is 12.1. The molecule has 2 amide bonds. The highest BCUT2D eigenvalue weighted by Gasteiger charge is 2.36. The molecule has 0 aliphatic carbocycles. The molecule has 0 saturated carbocycles. The fourth-order valence-corrected chi connectivity index (χ4v) is 3.29. The van der Waals surface area contributed by atoms with Gasteiger partial charge in [0, 0.05) is 6.54 Å². The van der Waals surface area contributed by atoms with Crippen LogP contribution in [-0.4, -0.2) is 30.4 Å². The molecule has 1 aliphatic rings. The summed E-state index contributed by atoms with van der Waals surface area (Å²) in [7, 11) is 1.61. The van der Waals surface area contributed by atoms with E-state index in [0.29, 0.717) is 23.5 Å². The number of hydrogen-bond acceptors (Lipinski definition) is 3. The Kier molecular flexibility index (Phi) is 7.61. The molecule has 5 heteroatoms. The van der Waals surface area contributed by atoms with E-state index in [1.165, 1.54) is 0 Å². The van der Waals surface area contributed by atoms with Crippen LogP contribution < -0.4 is 10.1 Å². The van der Waals surface area contributed by atoms with E-state index >= 15 is 0 Å². The zero-order valence-corrected chi connectivity index (χ0v) is 17.4. The summed E-state index contributed by atoms with van der Waals surface area (Å²) in [6.45, 7) is 8.55. The maximum atomic E-state index is 13.2. The van der Waals surface area contributed by atoms with Gasteiger partial charge in [0.2, 0.25) is 0 Å². The number of methoxy groups -OCH3 is 1. The Morgan fingerprint density at radius 1 is 1.11 bits per heavy atom. The van der Waals surface area contributed by atoms with Crippen molar-refractivity contribution in [2.75, 3.05) is 19.0 Å². The number of rotatable bonds is 5. The topological polar surface area (TPSA) is 58.6 Å². The molecule has 0 radical (unpaired) electrons. The van der Waals surface area contributed by atoms with Crippen LogP contribution in [0.15, 0.2) is 42.5 Å². The van der Waals surface area contributed by atoms with E-state index < -0.39 is 6.04 Å². The minimum absolute atomic E-state index is 0.128. The Morgan fingerprint density at radius 2 is 1.82 bits per heavy atom. The number of benzene rings is 2. The van der Waals surface area contributed by atoms with E-state index in [2.05, 4.69) is 12.2 Å². The van der Waals surface area contributed by atoms with Gasteiger partial charge in [-0.1, -0.05) is 51.5 Å². The number of fused-ring (bicyclic) bond motifs is 1. The second-order valence-electron chi connectivity index (χ2n) is 6.52. The van der Waals surface area contributed by atoms with Crippen molar-refractivity contribution in [1.29, 1.82) is 0 Å². The Bertz CT molecular complexity index is 832. The molecule has 2 aromatic rings. The summed E-state index contributed by atoms with van der Waals surface area (Å²) in [4.78, 5) is 27.9. The van der Waals surface area contributed by atoms with Gasteiger partial charge in [0.1, 0.15) is 11.8 Å². The van der Waals surface area contributed by atoms with Gasteiger partial charge in [0.15, 0.2) is 0 Å². The third kappa shape index (κ3) is 4.35. The number of ether oxygens (including phenoxy) is 1. The van der Waals surface area contributed by atoms with E-state index in [-0.39, 0.29) is 11.8 Å². The first-order valence-electron chi connectivity index (χ1n) is 9.92. The van der Waals surface area contributed by atoms with Crippen molar-refractivity contribution in [3.8, 4) is 5.75 Å². The maximum Gasteiger partial charge on any atom is 0.256 e. The lowest BCUT2D eigenvalue weighted by Gasteiger charge is -2.29. The highest BCUT2D eigenvalue weighted by atomic mass is 16.5. The van der Waals surface area contributed by atoms with Gasteiger partial charge in [-0.25, -0.2) is 0 Å². The summed E-state index contributed by atoms with van der Waals surface area (Å²) < 4.78 is 5.41. The van der Waals surface area contributed by atoms with E-state index in [4.69, 9.17) is 4.74 Å². The summed E-state index contributed by atoms with van der Waals surface area (Å²) in [5, 5.41) is 2.92. The molecule has 0 bridgehead atoms. The van der Waals surface area contributed by atoms with Gasteiger partial charge in [-0.3, -0.25) is 9.59 Å². The van der Waals surface area contributed by atoms with Gasteiger partial charge < -0.3 is 15.0 Å². The van der Waals surface area contributed by atoms with Crippen molar-refractivity contribution in [3.05, 3.63) is 59.2 Å². The molecule has 1 aliphatic heterocycles. The van der Waals surface area contributed by atoms with E-state index in [0.717, 1.165) is 24.0 Å². The van der Waals surface area contributed by atoms with Crippen LogP contribution in [0.5, 0.6) is 5.75 Å². The highest BCUT2D eigenvalue weighted by Crippen LogP contribution is 2.33. The first-order valence-corrected chi connectivity index (χ1v) is 9.92. The van der Waals surface area contributed by atoms with Crippen LogP contribution in [0.2, 0.25) is 0 Å². The lowest BCUT2D eigenvalue weighted by molar-refractivity contribution is -0.120. The predicted molar refractivity (Wildman–Crippen MR) is 113 cm³/mol. The van der Waals surface area contributed by atoms with Crippen molar-refractivity contribution in [1.82, 2.24) is 4.90 Å². The fourth-order valence-electron chi connectivity index (χ4n) is 3.29. The average molecular weight is 383 g/mol. The molecule has 0 aromatic heterocycles. The summed E-state index contributed by atoms with van der Waals surface area (Å²) in [6.07, 6.45) is 1.78. The van der Waals surface area contributed by atoms with E-state index in [1.54, 1.807) is 24.1 Å². The number of nitrogens with zero attached hydrogens (tertiary/aromatic N) is 1. The molecule has 5 nitrogen and oxygen atoms in total. The van der Waals surface area contributed by atoms with Crippen molar-refractivity contribution < 1.29 is 14.3 Å². The van der Waals surface area contributed by atoms with Crippen LogP contribution >= 0.6 is 0 Å². The van der Waals surface area contributed by atoms with Crippen LogP contribution in [0.3, 0.4) is 0 Å². The van der Waals surface area contributed by atoms with Crippen molar-refractivity contribution in [2.24, 2.45) is 0 Å². The second kappa shape index (κ2) is 9.93. The molecule has 0 saturated heterocycles. The Balaban J connectivity index is 0.00000136. The van der Waals surface area contributed by atoms with E-state index in [9.17, 15) is 9.59 Å². The number of amides is 2. The van der Waals surface area contributed by atoms with Gasteiger partial charge in [-0.15, -0.1) is 0 Å². The van der Waals surface area contributed by atoms with Crippen LogP contribution in [0.1, 0.15) is 61.1 Å². The lowest BCUT2D eigenvalue weighted by Crippen LogP contribution is -2.39. The quantitative estimate of drug-likeness (QED) is 0.795. The number of carbonyl (C=O) groups is 2. The Hall–Kier alpha value is -2.82. The molecule has 1 N–H and O–H groups in total. The Labute approximate surface area is 167 Å². The average Bonchev–Trinajstić information content (AvgIpc) is 2.82. The second-order valence-corrected chi connectivity index (χ2v) is 6.52. The number of nitrogens with one attached hydrogen (secondary N) is 1.